The van der Waals surface area contributed by atoms with Gasteiger partial charge in [0.1, 0.15) is 0 Å². The number of fused-ring (bicyclic) bond motifs is 2. The van der Waals surface area contributed by atoms with Gasteiger partial charge in [-0.3, -0.25) is 9.59 Å². The van der Waals surface area contributed by atoms with E-state index in [1.165, 1.54) is 12.1 Å². The number of carbonyl (C=O) groups excluding carboxylic acids is 1. The SMILES string of the molecule is O=C(n1oc2ccccc2c1=O)n1oc2ccccc2c1=O. The third-order valence-electron chi connectivity index (χ3n) is 3.33. The molecule has 0 aliphatic heterocycles. The van der Waals surface area contributed by atoms with Gasteiger partial charge in [0.05, 0.1) is 10.8 Å². The molecular weight excluding hydrogens is 288 g/mol. The van der Waals surface area contributed by atoms with E-state index in [1.807, 2.05) is 0 Å². The first kappa shape index (κ1) is 12.4. The van der Waals surface area contributed by atoms with Crippen LogP contribution in [0, 0.1) is 0 Å². The number of rotatable bonds is 0. The Labute approximate surface area is 121 Å². The molecule has 0 aliphatic carbocycles. The normalized spacial score (nSPS) is 11.3. The van der Waals surface area contributed by atoms with Crippen molar-refractivity contribution < 1.29 is 13.8 Å². The number of carbonyl (C=O) groups is 1. The lowest BCUT2D eigenvalue weighted by molar-refractivity contribution is 0.187. The topological polar surface area (TPSA) is 87.3 Å². The van der Waals surface area contributed by atoms with Gasteiger partial charge in [0, 0.05) is 0 Å². The molecule has 22 heavy (non-hydrogen) atoms. The maximum absolute atomic E-state index is 12.4. The van der Waals surface area contributed by atoms with Crippen LogP contribution in [0.25, 0.3) is 21.9 Å². The Hall–Kier alpha value is -3.35. The third kappa shape index (κ3) is 1.59. The Kier molecular flexibility index (Phi) is 2.43. The Bertz CT molecular complexity index is 1050. The minimum absolute atomic E-state index is 0.250. The summed E-state index contributed by atoms with van der Waals surface area (Å²) in [5, 5.41) is 0.500. The molecule has 0 saturated heterocycles. The molecule has 2 heterocycles. The zero-order chi connectivity index (χ0) is 15.3. The van der Waals surface area contributed by atoms with E-state index in [0.717, 1.165) is 0 Å². The first-order valence-electron chi connectivity index (χ1n) is 6.43. The summed E-state index contributed by atoms with van der Waals surface area (Å²) in [7, 11) is 0. The van der Waals surface area contributed by atoms with Crippen LogP contribution in [0.15, 0.2) is 67.2 Å². The summed E-state index contributed by atoms with van der Waals surface area (Å²) in [6.45, 7) is 0. The molecule has 108 valence electrons. The molecule has 0 radical (unpaired) electrons. The molecule has 4 aromatic rings. The second-order valence-electron chi connectivity index (χ2n) is 4.66. The third-order valence-corrected chi connectivity index (χ3v) is 3.33. The molecule has 0 bridgehead atoms. The van der Waals surface area contributed by atoms with Gasteiger partial charge >= 0.3 is 6.03 Å². The average Bonchev–Trinajstić information content (AvgIpc) is 3.06. The standard InChI is InChI=1S/C15H8N2O5/c18-13-9-5-1-3-7-11(9)21-16(13)15(20)17-14(19)10-6-2-4-8-12(10)22-17/h1-8H. The highest BCUT2D eigenvalue weighted by atomic mass is 16.5. The maximum atomic E-state index is 12.4. The summed E-state index contributed by atoms with van der Waals surface area (Å²) in [4.78, 5) is 36.7. The van der Waals surface area contributed by atoms with Gasteiger partial charge in [-0.1, -0.05) is 33.7 Å². The number of para-hydroxylation sites is 2. The van der Waals surface area contributed by atoms with Crippen LogP contribution in [-0.2, 0) is 0 Å². The van der Waals surface area contributed by atoms with E-state index in [-0.39, 0.29) is 21.9 Å². The molecule has 0 aliphatic rings. The predicted octanol–water partition coefficient (Wildman–Crippen LogP) is 2.02. The lowest BCUT2D eigenvalue weighted by Crippen LogP contribution is -2.32. The molecule has 7 heteroatoms. The highest BCUT2D eigenvalue weighted by Crippen LogP contribution is 2.12. The second-order valence-corrected chi connectivity index (χ2v) is 4.66. The van der Waals surface area contributed by atoms with Crippen molar-refractivity contribution in [3.63, 3.8) is 0 Å². The molecule has 2 aromatic carbocycles. The van der Waals surface area contributed by atoms with Crippen LogP contribution in [0.1, 0.15) is 0 Å². The molecule has 0 N–H and O–H groups in total. The monoisotopic (exact) mass is 296 g/mol. The minimum Gasteiger partial charge on any atom is -0.366 e. The zero-order valence-electron chi connectivity index (χ0n) is 11.1. The van der Waals surface area contributed by atoms with Crippen molar-refractivity contribution in [2.45, 2.75) is 0 Å². The second kappa shape index (κ2) is 4.32. The van der Waals surface area contributed by atoms with Gasteiger partial charge in [-0.2, -0.15) is 0 Å². The fraction of sp³-hybridized carbons (Fsp3) is 0. The maximum Gasteiger partial charge on any atom is 0.402 e. The quantitative estimate of drug-likeness (QED) is 0.495. The molecule has 2 aromatic heterocycles. The fourth-order valence-electron chi connectivity index (χ4n) is 2.28. The van der Waals surface area contributed by atoms with Gasteiger partial charge in [0.15, 0.2) is 11.2 Å². The molecule has 4 rings (SSSR count). The number of nitrogens with zero attached hydrogens (tertiary/aromatic N) is 2. The van der Waals surface area contributed by atoms with Crippen molar-refractivity contribution in [2.75, 3.05) is 0 Å². The molecule has 0 spiro atoms. The molecule has 0 amide bonds. The molecule has 0 fully saturated rings. The summed E-state index contributed by atoms with van der Waals surface area (Å²) >= 11 is 0. The number of hydrogen-bond donors (Lipinski definition) is 0. The zero-order valence-corrected chi connectivity index (χ0v) is 11.1. The van der Waals surface area contributed by atoms with E-state index in [1.54, 1.807) is 36.4 Å². The van der Waals surface area contributed by atoms with Crippen molar-refractivity contribution in [2.24, 2.45) is 0 Å². The molecule has 0 atom stereocenters. The minimum atomic E-state index is -0.998. The van der Waals surface area contributed by atoms with Crippen LogP contribution in [0.2, 0.25) is 0 Å². The number of aromatic nitrogens is 2. The van der Waals surface area contributed by atoms with Gasteiger partial charge < -0.3 is 9.05 Å². The number of benzene rings is 2. The van der Waals surface area contributed by atoms with Gasteiger partial charge in [0.25, 0.3) is 11.1 Å². The lowest BCUT2D eigenvalue weighted by atomic mass is 10.3. The van der Waals surface area contributed by atoms with Crippen LogP contribution in [-0.4, -0.2) is 15.5 Å². The van der Waals surface area contributed by atoms with E-state index < -0.39 is 17.1 Å². The van der Waals surface area contributed by atoms with E-state index in [4.69, 9.17) is 9.05 Å². The Morgan fingerprint density at radius 1 is 0.727 bits per heavy atom. The largest absolute Gasteiger partial charge is 0.402 e. The molecule has 7 nitrogen and oxygen atoms in total. The summed E-state index contributed by atoms with van der Waals surface area (Å²) in [5.74, 6) is 0. The average molecular weight is 296 g/mol. The first-order chi connectivity index (χ1) is 10.7. The van der Waals surface area contributed by atoms with Gasteiger partial charge in [-0.15, -0.1) is 0 Å². The highest BCUT2D eigenvalue weighted by Gasteiger charge is 2.22. The lowest BCUT2D eigenvalue weighted by Gasteiger charge is -1.95. The summed E-state index contributed by atoms with van der Waals surface area (Å²) < 4.78 is 11.4. The van der Waals surface area contributed by atoms with E-state index in [0.29, 0.717) is 9.48 Å². The van der Waals surface area contributed by atoms with E-state index in [9.17, 15) is 14.4 Å². The number of hydrogen-bond acceptors (Lipinski definition) is 5. The van der Waals surface area contributed by atoms with Crippen LogP contribution in [0.4, 0.5) is 4.79 Å². The summed E-state index contributed by atoms with van der Waals surface area (Å²) in [6.07, 6.45) is 0. The first-order valence-corrected chi connectivity index (χ1v) is 6.43. The van der Waals surface area contributed by atoms with Crippen molar-refractivity contribution in [1.82, 2.24) is 9.48 Å². The van der Waals surface area contributed by atoms with E-state index in [2.05, 4.69) is 0 Å². The van der Waals surface area contributed by atoms with Crippen LogP contribution in [0.5, 0.6) is 0 Å². The van der Waals surface area contributed by atoms with Crippen LogP contribution in [0.3, 0.4) is 0 Å². The van der Waals surface area contributed by atoms with Crippen molar-refractivity contribution in [3.8, 4) is 0 Å². The Balaban J connectivity index is 1.96. The van der Waals surface area contributed by atoms with Crippen molar-refractivity contribution in [1.29, 1.82) is 0 Å². The van der Waals surface area contributed by atoms with Gasteiger partial charge in [0.2, 0.25) is 0 Å². The van der Waals surface area contributed by atoms with E-state index >= 15 is 0 Å². The predicted molar refractivity (Wildman–Crippen MR) is 77.1 cm³/mol. The van der Waals surface area contributed by atoms with Crippen LogP contribution < -0.4 is 11.1 Å². The highest BCUT2D eigenvalue weighted by molar-refractivity contribution is 5.85. The van der Waals surface area contributed by atoms with Gasteiger partial charge in [-0.05, 0) is 24.3 Å². The summed E-state index contributed by atoms with van der Waals surface area (Å²) in [6, 6.07) is 11.8. The smallest absolute Gasteiger partial charge is 0.366 e. The molecule has 0 saturated carbocycles. The van der Waals surface area contributed by atoms with Crippen molar-refractivity contribution >= 4 is 28.0 Å². The van der Waals surface area contributed by atoms with Crippen LogP contribution >= 0.6 is 0 Å². The van der Waals surface area contributed by atoms with Gasteiger partial charge in [-0.25, -0.2) is 4.79 Å². The summed E-state index contributed by atoms with van der Waals surface area (Å²) in [5.41, 5.74) is -0.782. The Morgan fingerprint density at radius 3 is 1.55 bits per heavy atom. The van der Waals surface area contributed by atoms with Crippen molar-refractivity contribution in [3.05, 3.63) is 69.2 Å². The molecule has 0 unspecified atom stereocenters. The Morgan fingerprint density at radius 2 is 1.14 bits per heavy atom. The fourth-order valence-corrected chi connectivity index (χ4v) is 2.28. The molecular formula is C15H8N2O5.